The highest BCUT2D eigenvalue weighted by Gasteiger charge is 2.17. The predicted molar refractivity (Wildman–Crippen MR) is 106 cm³/mol. The van der Waals surface area contributed by atoms with Crippen LogP contribution in [0.4, 0.5) is 4.79 Å². The van der Waals surface area contributed by atoms with Crippen molar-refractivity contribution in [2.75, 3.05) is 13.6 Å². The Morgan fingerprint density at radius 2 is 1.89 bits per heavy atom. The van der Waals surface area contributed by atoms with Crippen LogP contribution in [0.15, 0.2) is 30.3 Å². The minimum absolute atomic E-state index is 0.0321. The van der Waals surface area contributed by atoms with Crippen molar-refractivity contribution in [1.82, 2.24) is 25.3 Å². The molecule has 2 aromatic rings. The zero-order valence-electron chi connectivity index (χ0n) is 16.7. The molecule has 0 aliphatic heterocycles. The van der Waals surface area contributed by atoms with Crippen LogP contribution in [-0.2, 0) is 11.3 Å². The van der Waals surface area contributed by atoms with Crippen molar-refractivity contribution in [3.8, 4) is 5.69 Å². The number of imide groups is 1. The van der Waals surface area contributed by atoms with Gasteiger partial charge in [-0.25, -0.2) is 9.48 Å². The Balaban J connectivity index is 1.98. The summed E-state index contributed by atoms with van der Waals surface area (Å²) in [5.74, 6) is -0.330. The second kappa shape index (κ2) is 9.32. The number of para-hydroxylation sites is 1. The fourth-order valence-electron chi connectivity index (χ4n) is 2.82. The molecule has 0 radical (unpaired) electrons. The molecule has 0 saturated carbocycles. The van der Waals surface area contributed by atoms with E-state index < -0.39 is 6.03 Å². The fourth-order valence-corrected chi connectivity index (χ4v) is 2.82. The van der Waals surface area contributed by atoms with E-state index in [9.17, 15) is 9.59 Å². The molecule has 0 aliphatic carbocycles. The smallest absolute Gasteiger partial charge is 0.321 e. The fraction of sp³-hybridized carbons (Fsp3) is 0.450. The Hall–Kier alpha value is -2.67. The van der Waals surface area contributed by atoms with Crippen LogP contribution in [0.1, 0.15) is 37.2 Å². The molecule has 7 nitrogen and oxygen atoms in total. The molecular weight excluding hydrogens is 342 g/mol. The van der Waals surface area contributed by atoms with Crippen LogP contribution in [0.3, 0.4) is 0 Å². The number of amides is 3. The minimum atomic E-state index is -0.452. The lowest BCUT2D eigenvalue weighted by Gasteiger charge is -2.17. The molecule has 1 unspecified atom stereocenters. The number of benzene rings is 1. The van der Waals surface area contributed by atoms with Crippen molar-refractivity contribution >= 4 is 11.9 Å². The van der Waals surface area contributed by atoms with Crippen molar-refractivity contribution in [2.45, 2.75) is 46.7 Å². The monoisotopic (exact) mass is 371 g/mol. The molecule has 1 heterocycles. The van der Waals surface area contributed by atoms with Gasteiger partial charge in [0.05, 0.1) is 17.9 Å². The zero-order valence-corrected chi connectivity index (χ0v) is 16.7. The Labute approximate surface area is 160 Å². The molecule has 1 atom stereocenters. The van der Waals surface area contributed by atoms with Gasteiger partial charge in [-0.2, -0.15) is 5.10 Å². The first-order valence-corrected chi connectivity index (χ1v) is 9.21. The molecule has 7 heteroatoms. The van der Waals surface area contributed by atoms with E-state index in [1.54, 1.807) is 0 Å². The van der Waals surface area contributed by atoms with Crippen LogP contribution in [-0.4, -0.2) is 46.3 Å². The van der Waals surface area contributed by atoms with Crippen LogP contribution in [0.25, 0.3) is 5.69 Å². The molecule has 146 valence electrons. The van der Waals surface area contributed by atoms with Crippen LogP contribution in [0.2, 0.25) is 0 Å². The molecule has 0 spiro atoms. The number of aryl methyl sites for hydroxylation is 1. The molecule has 2 rings (SSSR count). The molecule has 27 heavy (non-hydrogen) atoms. The molecule has 0 aliphatic rings. The summed E-state index contributed by atoms with van der Waals surface area (Å²) in [4.78, 5) is 25.7. The van der Waals surface area contributed by atoms with Gasteiger partial charge in [0.25, 0.3) is 0 Å². The van der Waals surface area contributed by atoms with E-state index in [1.165, 1.54) is 0 Å². The third-order valence-electron chi connectivity index (χ3n) is 4.53. The average Bonchev–Trinajstić information content (AvgIpc) is 2.90. The van der Waals surface area contributed by atoms with E-state index in [2.05, 4.69) is 15.7 Å². The number of hydrogen-bond donors (Lipinski definition) is 2. The van der Waals surface area contributed by atoms with Gasteiger partial charge in [0.1, 0.15) is 0 Å². The first-order chi connectivity index (χ1) is 12.8. The lowest BCUT2D eigenvalue weighted by molar-refractivity contribution is -0.121. The third-order valence-corrected chi connectivity index (χ3v) is 4.53. The summed E-state index contributed by atoms with van der Waals surface area (Å²) >= 11 is 0. The third kappa shape index (κ3) is 5.65. The minimum Gasteiger partial charge on any atom is -0.335 e. The topological polar surface area (TPSA) is 79.3 Å². The zero-order chi connectivity index (χ0) is 20.0. The molecule has 1 aromatic heterocycles. The van der Waals surface area contributed by atoms with Crippen molar-refractivity contribution in [3.63, 3.8) is 0 Å². The van der Waals surface area contributed by atoms with Crippen molar-refractivity contribution in [2.24, 2.45) is 0 Å². The quantitative estimate of drug-likeness (QED) is 0.784. The number of hydrogen-bond acceptors (Lipinski definition) is 4. The van der Waals surface area contributed by atoms with Gasteiger partial charge in [-0.05, 0) is 46.4 Å². The highest BCUT2D eigenvalue weighted by molar-refractivity contribution is 5.95. The molecule has 0 saturated heterocycles. The summed E-state index contributed by atoms with van der Waals surface area (Å²) in [5.41, 5.74) is 4.06. The number of likely N-dealkylation sites (N-methyl/N-ethyl adjacent to an activating group) is 1. The number of nitrogens with zero attached hydrogens (tertiary/aromatic N) is 3. The maximum atomic E-state index is 12.1. The maximum absolute atomic E-state index is 12.1. The van der Waals surface area contributed by atoms with Gasteiger partial charge in [0.2, 0.25) is 5.91 Å². The van der Waals surface area contributed by atoms with Crippen LogP contribution < -0.4 is 10.6 Å². The van der Waals surface area contributed by atoms with Crippen LogP contribution >= 0.6 is 0 Å². The number of carbonyl (C=O) groups is 2. The Kier molecular flexibility index (Phi) is 7.12. The first-order valence-electron chi connectivity index (χ1n) is 9.21. The summed E-state index contributed by atoms with van der Waals surface area (Å²) < 4.78 is 1.91. The molecule has 3 amide bonds. The number of nitrogens with one attached hydrogen (secondary N) is 2. The molecule has 0 bridgehead atoms. The van der Waals surface area contributed by atoms with Crippen molar-refractivity contribution in [3.05, 3.63) is 47.3 Å². The summed E-state index contributed by atoms with van der Waals surface area (Å²) in [6, 6.07) is 9.53. The summed E-state index contributed by atoms with van der Waals surface area (Å²) in [5, 5.41) is 9.72. The number of carbonyl (C=O) groups excluding carboxylic acids is 2. The highest BCUT2D eigenvalue weighted by Crippen LogP contribution is 2.19. The standard InChI is InChI=1S/C20H29N5O2/c1-6-14(2)21-20(27)22-19(26)13-24(5)12-18-15(3)23-25(16(18)4)17-10-8-7-9-11-17/h7-11,14H,6,12-13H2,1-5H3,(H2,21,22,26,27). The second-order valence-electron chi connectivity index (χ2n) is 6.90. The van der Waals surface area contributed by atoms with E-state index in [0.29, 0.717) is 6.54 Å². The Morgan fingerprint density at radius 3 is 2.52 bits per heavy atom. The molecule has 0 fully saturated rings. The van der Waals surface area contributed by atoms with E-state index in [-0.39, 0.29) is 18.5 Å². The Morgan fingerprint density at radius 1 is 1.22 bits per heavy atom. The van der Waals surface area contributed by atoms with Crippen molar-refractivity contribution < 1.29 is 9.59 Å². The van der Waals surface area contributed by atoms with Crippen LogP contribution in [0, 0.1) is 13.8 Å². The Bertz CT molecular complexity index is 785. The second-order valence-corrected chi connectivity index (χ2v) is 6.90. The number of urea groups is 1. The number of rotatable bonds is 7. The van der Waals surface area contributed by atoms with Gasteiger partial charge in [-0.1, -0.05) is 25.1 Å². The summed E-state index contributed by atoms with van der Waals surface area (Å²) in [7, 11) is 1.85. The normalized spacial score (nSPS) is 12.1. The number of aromatic nitrogens is 2. The highest BCUT2D eigenvalue weighted by atomic mass is 16.2. The lowest BCUT2D eigenvalue weighted by atomic mass is 10.2. The first kappa shape index (κ1) is 20.6. The summed E-state index contributed by atoms with van der Waals surface area (Å²) in [6.45, 7) is 8.56. The predicted octanol–water partition coefficient (Wildman–Crippen LogP) is 2.55. The van der Waals surface area contributed by atoms with E-state index in [0.717, 1.165) is 29.1 Å². The molecule has 2 N–H and O–H groups in total. The van der Waals surface area contributed by atoms with Gasteiger partial charge in [-0.15, -0.1) is 0 Å². The largest absolute Gasteiger partial charge is 0.335 e. The van der Waals surface area contributed by atoms with Gasteiger partial charge >= 0.3 is 6.03 Å². The SMILES string of the molecule is CCC(C)NC(=O)NC(=O)CN(C)Cc1c(C)nn(-c2ccccc2)c1C. The van der Waals surface area contributed by atoms with Gasteiger partial charge in [0, 0.05) is 23.8 Å². The van der Waals surface area contributed by atoms with Gasteiger partial charge in [-0.3, -0.25) is 15.0 Å². The summed E-state index contributed by atoms with van der Waals surface area (Å²) in [6.07, 6.45) is 0.811. The average molecular weight is 371 g/mol. The maximum Gasteiger partial charge on any atom is 0.321 e. The van der Waals surface area contributed by atoms with Crippen LogP contribution in [0.5, 0.6) is 0 Å². The van der Waals surface area contributed by atoms with E-state index in [1.807, 2.05) is 74.7 Å². The van der Waals surface area contributed by atoms with Crippen molar-refractivity contribution in [1.29, 1.82) is 0 Å². The molecular formula is C20H29N5O2. The lowest BCUT2D eigenvalue weighted by Crippen LogP contribution is -2.46. The van der Waals surface area contributed by atoms with Gasteiger partial charge in [0.15, 0.2) is 0 Å². The molecule has 1 aromatic carbocycles. The van der Waals surface area contributed by atoms with E-state index >= 15 is 0 Å². The van der Waals surface area contributed by atoms with E-state index in [4.69, 9.17) is 0 Å². The van der Waals surface area contributed by atoms with Gasteiger partial charge < -0.3 is 5.32 Å².